The summed E-state index contributed by atoms with van der Waals surface area (Å²) in [5.74, 6) is -0.463. The number of benzene rings is 1. The van der Waals surface area contributed by atoms with E-state index < -0.39 is 5.82 Å². The van der Waals surface area contributed by atoms with Crippen LogP contribution < -0.4 is 0 Å². The van der Waals surface area contributed by atoms with Crippen LogP contribution in [0.15, 0.2) is 18.2 Å². The largest absolute Gasteiger partial charge is 0.392 e. The first-order valence-electron chi connectivity index (χ1n) is 5.58. The number of carbonyl (C=O) groups excluding carboxylic acids is 1. The Morgan fingerprint density at radius 2 is 1.65 bits per heavy atom. The maximum absolute atomic E-state index is 12.6. The standard InChI is InChI=1S/C7H6ClFO.C5H10.CH2O/c8-6-2-1-3-7(9)5(6)4-10;1-2-4-5-3-1;1-2/h1-3,10H,4H2;1-5H2;1H2. The van der Waals surface area contributed by atoms with E-state index in [1.807, 2.05) is 6.79 Å². The Bertz CT molecular complexity index is 286. The first-order chi connectivity index (χ1) is 8.25. The number of halogens is 2. The van der Waals surface area contributed by atoms with Gasteiger partial charge in [0.25, 0.3) is 0 Å². The average molecular weight is 261 g/mol. The Labute approximate surface area is 106 Å². The van der Waals surface area contributed by atoms with Crippen molar-refractivity contribution in [2.45, 2.75) is 38.7 Å². The van der Waals surface area contributed by atoms with Gasteiger partial charge in [-0.05, 0) is 12.1 Å². The summed E-state index contributed by atoms with van der Waals surface area (Å²) in [7, 11) is 0. The van der Waals surface area contributed by atoms with Gasteiger partial charge in [0, 0.05) is 10.6 Å². The first-order valence-corrected chi connectivity index (χ1v) is 5.96. The summed E-state index contributed by atoms with van der Waals surface area (Å²) in [5, 5.41) is 8.84. The molecule has 96 valence electrons. The van der Waals surface area contributed by atoms with Gasteiger partial charge in [-0.3, -0.25) is 0 Å². The summed E-state index contributed by atoms with van der Waals surface area (Å²) in [6.45, 7) is 1.64. The zero-order valence-corrected chi connectivity index (χ0v) is 10.5. The van der Waals surface area contributed by atoms with E-state index in [0.29, 0.717) is 0 Å². The number of aliphatic hydroxyl groups excluding tert-OH is 1. The van der Waals surface area contributed by atoms with Gasteiger partial charge in [-0.1, -0.05) is 49.8 Å². The summed E-state index contributed by atoms with van der Waals surface area (Å²) in [6, 6.07) is 4.30. The highest BCUT2D eigenvalue weighted by Gasteiger charge is 2.03. The van der Waals surface area contributed by atoms with E-state index in [1.54, 1.807) is 0 Å². The van der Waals surface area contributed by atoms with Gasteiger partial charge >= 0.3 is 0 Å². The molecule has 1 aromatic carbocycles. The molecule has 0 spiro atoms. The van der Waals surface area contributed by atoms with Crippen molar-refractivity contribution in [3.8, 4) is 0 Å². The lowest BCUT2D eigenvalue weighted by Crippen LogP contribution is -1.89. The summed E-state index contributed by atoms with van der Waals surface area (Å²) >= 11 is 5.53. The molecule has 1 aromatic rings. The Kier molecular flexibility index (Phi) is 9.68. The van der Waals surface area contributed by atoms with Gasteiger partial charge in [0.1, 0.15) is 12.6 Å². The van der Waals surface area contributed by atoms with Crippen LogP contribution in [0.25, 0.3) is 0 Å². The summed E-state index contributed by atoms with van der Waals surface area (Å²) in [6.07, 6.45) is 7.50. The van der Waals surface area contributed by atoms with Crippen LogP contribution in [-0.4, -0.2) is 11.9 Å². The molecule has 0 unspecified atom stereocenters. The lowest BCUT2D eigenvalue weighted by atomic mass is 10.2. The van der Waals surface area contributed by atoms with Gasteiger partial charge in [0.15, 0.2) is 0 Å². The van der Waals surface area contributed by atoms with Crippen molar-refractivity contribution < 1.29 is 14.3 Å². The molecule has 1 fully saturated rings. The van der Waals surface area contributed by atoms with Crippen molar-refractivity contribution in [2.24, 2.45) is 0 Å². The molecule has 0 aliphatic heterocycles. The Morgan fingerprint density at radius 1 is 1.18 bits per heavy atom. The number of rotatable bonds is 1. The molecule has 1 N–H and O–H groups in total. The van der Waals surface area contributed by atoms with Crippen molar-refractivity contribution >= 4 is 18.4 Å². The topological polar surface area (TPSA) is 37.3 Å². The van der Waals surface area contributed by atoms with E-state index in [-0.39, 0.29) is 17.2 Å². The van der Waals surface area contributed by atoms with E-state index in [0.717, 1.165) is 0 Å². The van der Waals surface area contributed by atoms with Crippen molar-refractivity contribution in [2.75, 3.05) is 0 Å². The van der Waals surface area contributed by atoms with E-state index in [9.17, 15) is 4.39 Å². The molecule has 1 aliphatic rings. The third-order valence-corrected chi connectivity index (χ3v) is 2.82. The highest BCUT2D eigenvalue weighted by atomic mass is 35.5. The van der Waals surface area contributed by atoms with Gasteiger partial charge < -0.3 is 9.90 Å². The lowest BCUT2D eigenvalue weighted by Gasteiger charge is -1.99. The fraction of sp³-hybridized carbons (Fsp3) is 0.462. The van der Waals surface area contributed by atoms with Crippen LogP contribution in [0.4, 0.5) is 4.39 Å². The van der Waals surface area contributed by atoms with Crippen LogP contribution in [0.5, 0.6) is 0 Å². The second-order valence-electron chi connectivity index (χ2n) is 3.63. The molecule has 17 heavy (non-hydrogen) atoms. The zero-order chi connectivity index (χ0) is 13.1. The van der Waals surface area contributed by atoms with Crippen LogP contribution >= 0.6 is 11.6 Å². The SMILES string of the molecule is C1CCCC1.C=O.OCc1c(F)cccc1Cl. The lowest BCUT2D eigenvalue weighted by molar-refractivity contribution is -0.0979. The minimum absolute atomic E-state index is 0.157. The van der Waals surface area contributed by atoms with Gasteiger partial charge in [0.2, 0.25) is 0 Å². The van der Waals surface area contributed by atoms with Gasteiger partial charge in [-0.25, -0.2) is 4.39 Å². The third kappa shape index (κ3) is 6.39. The molecule has 0 saturated heterocycles. The van der Waals surface area contributed by atoms with Crippen LogP contribution in [0.2, 0.25) is 5.02 Å². The summed E-state index contributed by atoms with van der Waals surface area (Å²) < 4.78 is 12.6. The maximum atomic E-state index is 12.6. The predicted octanol–water partition coefficient (Wildman–Crippen LogP) is 3.74. The third-order valence-electron chi connectivity index (χ3n) is 2.47. The zero-order valence-electron chi connectivity index (χ0n) is 9.79. The highest BCUT2D eigenvalue weighted by Crippen LogP contribution is 2.18. The number of hydrogen-bond donors (Lipinski definition) is 1. The molecular formula is C13H18ClFO2. The second-order valence-corrected chi connectivity index (χ2v) is 4.03. The van der Waals surface area contributed by atoms with Crippen molar-refractivity contribution in [1.29, 1.82) is 0 Å². The van der Waals surface area contributed by atoms with Crippen LogP contribution in [0.3, 0.4) is 0 Å². The smallest absolute Gasteiger partial charge is 0.130 e. The molecule has 0 atom stereocenters. The van der Waals surface area contributed by atoms with E-state index in [1.165, 1.54) is 50.3 Å². The number of hydrogen-bond acceptors (Lipinski definition) is 2. The van der Waals surface area contributed by atoms with E-state index >= 15 is 0 Å². The molecule has 2 nitrogen and oxygen atoms in total. The Morgan fingerprint density at radius 3 is 1.94 bits per heavy atom. The Hall–Kier alpha value is -0.930. The maximum Gasteiger partial charge on any atom is 0.130 e. The molecule has 0 radical (unpaired) electrons. The van der Waals surface area contributed by atoms with Gasteiger partial charge in [-0.2, -0.15) is 0 Å². The summed E-state index contributed by atoms with van der Waals surface area (Å²) in [4.78, 5) is 8.00. The van der Waals surface area contributed by atoms with E-state index in [4.69, 9.17) is 21.5 Å². The number of carbonyl (C=O) groups is 1. The Balaban J connectivity index is 0.000000306. The van der Waals surface area contributed by atoms with E-state index in [2.05, 4.69) is 0 Å². The molecule has 2 rings (SSSR count). The molecule has 1 aliphatic carbocycles. The fourth-order valence-corrected chi connectivity index (χ4v) is 1.79. The predicted molar refractivity (Wildman–Crippen MR) is 67.5 cm³/mol. The van der Waals surface area contributed by atoms with Crippen LogP contribution in [0, 0.1) is 5.82 Å². The highest BCUT2D eigenvalue weighted by molar-refractivity contribution is 6.31. The quantitative estimate of drug-likeness (QED) is 0.835. The van der Waals surface area contributed by atoms with Crippen molar-refractivity contribution in [3.63, 3.8) is 0 Å². The van der Waals surface area contributed by atoms with Crippen LogP contribution in [-0.2, 0) is 11.4 Å². The molecule has 4 heteroatoms. The monoisotopic (exact) mass is 260 g/mol. The van der Waals surface area contributed by atoms with Gasteiger partial charge in [0.05, 0.1) is 6.61 Å². The molecule has 0 amide bonds. The molecule has 0 aromatic heterocycles. The summed E-state index contributed by atoms with van der Waals surface area (Å²) in [5.41, 5.74) is 0.157. The molecule has 0 bridgehead atoms. The molecule has 0 heterocycles. The van der Waals surface area contributed by atoms with Crippen molar-refractivity contribution in [1.82, 2.24) is 0 Å². The van der Waals surface area contributed by atoms with Gasteiger partial charge in [-0.15, -0.1) is 0 Å². The minimum Gasteiger partial charge on any atom is -0.392 e. The molecular weight excluding hydrogens is 243 g/mol. The fourth-order valence-electron chi connectivity index (χ4n) is 1.57. The average Bonchev–Trinajstić information content (AvgIpc) is 2.91. The first kappa shape index (κ1) is 16.1. The second kappa shape index (κ2) is 10.2. The molecule has 1 saturated carbocycles. The minimum atomic E-state index is -0.463. The van der Waals surface area contributed by atoms with Crippen molar-refractivity contribution in [3.05, 3.63) is 34.6 Å². The normalized spacial score (nSPS) is 13.1. The van der Waals surface area contributed by atoms with Crippen LogP contribution in [0.1, 0.15) is 37.7 Å². The number of aliphatic hydroxyl groups is 1.